The Hall–Kier alpha value is -2.37. The van der Waals surface area contributed by atoms with Crippen LogP contribution in [-0.4, -0.2) is 23.3 Å². The highest BCUT2D eigenvalue weighted by atomic mass is 16.5. The molecule has 2 aromatic rings. The second kappa shape index (κ2) is 6.18. The maximum atomic E-state index is 11.3. The lowest BCUT2D eigenvalue weighted by atomic mass is 10.1. The van der Waals surface area contributed by atoms with Gasteiger partial charge in [0.1, 0.15) is 0 Å². The molecule has 0 saturated carbocycles. The zero-order chi connectivity index (χ0) is 14.5. The molecule has 2 rings (SSSR count). The minimum absolute atomic E-state index is 0.206. The molecule has 0 fully saturated rings. The monoisotopic (exact) mass is 275 g/mol. The van der Waals surface area contributed by atoms with Crippen LogP contribution in [0.3, 0.4) is 0 Å². The van der Waals surface area contributed by atoms with Gasteiger partial charge >= 0.3 is 12.0 Å². The summed E-state index contributed by atoms with van der Waals surface area (Å²) in [4.78, 5) is 11.3. The van der Waals surface area contributed by atoms with Crippen LogP contribution < -0.4 is 5.32 Å². The third kappa shape index (κ3) is 3.34. The summed E-state index contributed by atoms with van der Waals surface area (Å²) in [6.07, 6.45) is 0. The van der Waals surface area contributed by atoms with Crippen LogP contribution in [0.1, 0.15) is 41.6 Å². The van der Waals surface area contributed by atoms with Gasteiger partial charge in [-0.05, 0) is 17.7 Å². The molecule has 1 heterocycles. The number of esters is 1. The number of nitrogens with one attached hydrogen (secondary N) is 1. The summed E-state index contributed by atoms with van der Waals surface area (Å²) < 4.78 is 10.1. The molecule has 106 valence electrons. The van der Waals surface area contributed by atoms with E-state index >= 15 is 0 Å². The van der Waals surface area contributed by atoms with Gasteiger partial charge in [-0.3, -0.25) is 0 Å². The summed E-state index contributed by atoms with van der Waals surface area (Å²) in [7, 11) is 1.36. The molecule has 0 bridgehead atoms. The molecule has 0 spiro atoms. The topological polar surface area (TPSA) is 77.2 Å². The first-order valence-electron chi connectivity index (χ1n) is 6.34. The number of aromatic nitrogens is 2. The number of rotatable bonds is 5. The Morgan fingerprint density at radius 3 is 2.55 bits per heavy atom. The Labute approximate surface area is 117 Å². The van der Waals surface area contributed by atoms with Gasteiger partial charge in [-0.1, -0.05) is 31.1 Å². The first-order valence-corrected chi connectivity index (χ1v) is 6.34. The van der Waals surface area contributed by atoms with Crippen LogP contribution in [0, 0.1) is 0 Å². The highest BCUT2D eigenvalue weighted by Crippen LogP contribution is 2.15. The van der Waals surface area contributed by atoms with Crippen molar-refractivity contribution >= 4 is 12.0 Å². The summed E-state index contributed by atoms with van der Waals surface area (Å²) >= 11 is 0. The minimum Gasteiger partial charge on any atom is -0.465 e. The van der Waals surface area contributed by atoms with Crippen molar-refractivity contribution in [2.24, 2.45) is 0 Å². The molecule has 1 aromatic carbocycles. The van der Waals surface area contributed by atoms with Crippen molar-refractivity contribution in [1.29, 1.82) is 0 Å². The number of benzene rings is 1. The molecule has 0 saturated heterocycles. The van der Waals surface area contributed by atoms with Crippen LogP contribution in [0.15, 0.2) is 28.7 Å². The second-order valence-corrected chi connectivity index (χ2v) is 4.64. The van der Waals surface area contributed by atoms with Crippen LogP contribution >= 0.6 is 0 Å². The predicted molar refractivity (Wildman–Crippen MR) is 73.5 cm³/mol. The first kappa shape index (κ1) is 14.0. The molecular weight excluding hydrogens is 258 g/mol. The Morgan fingerprint density at radius 1 is 1.30 bits per heavy atom. The molecule has 1 N–H and O–H groups in total. The molecule has 6 heteroatoms. The van der Waals surface area contributed by atoms with Gasteiger partial charge in [0.05, 0.1) is 12.7 Å². The number of hydrogen-bond donors (Lipinski definition) is 1. The van der Waals surface area contributed by atoms with Gasteiger partial charge in [-0.25, -0.2) is 4.79 Å². The Balaban J connectivity index is 1.95. The Bertz CT molecular complexity index is 576. The zero-order valence-electron chi connectivity index (χ0n) is 11.7. The molecule has 0 aliphatic heterocycles. The first-order chi connectivity index (χ1) is 9.60. The number of nitrogens with zero attached hydrogens (tertiary/aromatic N) is 2. The van der Waals surface area contributed by atoms with Gasteiger partial charge in [0.2, 0.25) is 5.89 Å². The largest absolute Gasteiger partial charge is 0.465 e. The third-order valence-corrected chi connectivity index (χ3v) is 2.75. The lowest BCUT2D eigenvalue weighted by Gasteiger charge is -2.03. The normalized spacial score (nSPS) is 10.6. The standard InChI is InChI=1S/C14H17N3O3/c1-9(2)12-16-17-14(20-12)15-8-10-4-6-11(7-5-10)13(18)19-3/h4-7,9H,8H2,1-3H3,(H,15,17). The van der Waals surface area contributed by atoms with Crippen LogP contribution in [0.5, 0.6) is 0 Å². The number of carbonyl (C=O) groups excluding carboxylic acids is 1. The average molecular weight is 275 g/mol. The summed E-state index contributed by atoms with van der Waals surface area (Å²) in [6, 6.07) is 7.52. The zero-order valence-corrected chi connectivity index (χ0v) is 11.7. The van der Waals surface area contributed by atoms with Crippen molar-refractivity contribution in [3.8, 4) is 0 Å². The van der Waals surface area contributed by atoms with Gasteiger partial charge in [0.15, 0.2) is 0 Å². The highest BCUT2D eigenvalue weighted by molar-refractivity contribution is 5.89. The minimum atomic E-state index is -0.344. The molecule has 0 unspecified atom stereocenters. The lowest BCUT2D eigenvalue weighted by molar-refractivity contribution is 0.0600. The fraction of sp³-hybridized carbons (Fsp3) is 0.357. The summed E-state index contributed by atoms with van der Waals surface area (Å²) in [5.74, 6) is 0.467. The average Bonchev–Trinajstić information content (AvgIpc) is 2.94. The fourth-order valence-electron chi connectivity index (χ4n) is 1.59. The van der Waals surface area contributed by atoms with E-state index in [4.69, 9.17) is 4.42 Å². The number of methoxy groups -OCH3 is 1. The van der Waals surface area contributed by atoms with E-state index in [9.17, 15) is 4.79 Å². The molecule has 1 aromatic heterocycles. The smallest absolute Gasteiger partial charge is 0.337 e. The Kier molecular flexibility index (Phi) is 4.34. The summed E-state index contributed by atoms with van der Waals surface area (Å²) in [5.41, 5.74) is 1.53. The van der Waals surface area contributed by atoms with Crippen LogP contribution in [0.4, 0.5) is 6.01 Å². The summed E-state index contributed by atoms with van der Waals surface area (Å²) in [6.45, 7) is 4.52. The highest BCUT2D eigenvalue weighted by Gasteiger charge is 2.09. The van der Waals surface area contributed by atoms with E-state index in [0.29, 0.717) is 24.0 Å². The maximum absolute atomic E-state index is 11.3. The van der Waals surface area contributed by atoms with Crippen molar-refractivity contribution in [3.63, 3.8) is 0 Å². The molecule has 6 nitrogen and oxygen atoms in total. The summed E-state index contributed by atoms with van der Waals surface area (Å²) in [5, 5.41) is 10.9. The lowest BCUT2D eigenvalue weighted by Crippen LogP contribution is -2.03. The van der Waals surface area contributed by atoms with E-state index in [1.165, 1.54) is 7.11 Å². The SMILES string of the molecule is COC(=O)c1ccc(CNc2nnc(C(C)C)o2)cc1. The molecular formula is C14H17N3O3. The van der Waals surface area contributed by atoms with Crippen molar-refractivity contribution < 1.29 is 13.9 Å². The van der Waals surface area contributed by atoms with Crippen LogP contribution in [0.25, 0.3) is 0 Å². The van der Waals surface area contributed by atoms with Gasteiger partial charge < -0.3 is 14.5 Å². The van der Waals surface area contributed by atoms with Crippen molar-refractivity contribution in [3.05, 3.63) is 41.3 Å². The quantitative estimate of drug-likeness (QED) is 0.845. The second-order valence-electron chi connectivity index (χ2n) is 4.64. The Morgan fingerprint density at radius 2 is 2.00 bits per heavy atom. The van der Waals surface area contributed by atoms with Crippen LogP contribution in [-0.2, 0) is 11.3 Å². The van der Waals surface area contributed by atoms with E-state index in [1.807, 2.05) is 26.0 Å². The van der Waals surface area contributed by atoms with Crippen LogP contribution in [0.2, 0.25) is 0 Å². The number of ether oxygens (including phenoxy) is 1. The van der Waals surface area contributed by atoms with Crippen molar-refractivity contribution in [2.75, 3.05) is 12.4 Å². The van der Waals surface area contributed by atoms with Crippen molar-refractivity contribution in [2.45, 2.75) is 26.3 Å². The van der Waals surface area contributed by atoms with Gasteiger partial charge in [0, 0.05) is 12.5 Å². The molecule has 0 aliphatic carbocycles. The van der Waals surface area contributed by atoms with E-state index in [1.54, 1.807) is 12.1 Å². The molecule has 0 aliphatic rings. The number of anilines is 1. The number of hydrogen-bond acceptors (Lipinski definition) is 6. The molecule has 0 radical (unpaired) electrons. The molecule has 20 heavy (non-hydrogen) atoms. The predicted octanol–water partition coefficient (Wildman–Crippen LogP) is 2.59. The third-order valence-electron chi connectivity index (χ3n) is 2.75. The molecule has 0 amide bonds. The van der Waals surface area contributed by atoms with E-state index < -0.39 is 0 Å². The van der Waals surface area contributed by atoms with E-state index in [0.717, 1.165) is 5.56 Å². The van der Waals surface area contributed by atoms with Crippen molar-refractivity contribution in [1.82, 2.24) is 10.2 Å². The molecule has 0 atom stereocenters. The van der Waals surface area contributed by atoms with Gasteiger partial charge in [-0.2, -0.15) is 0 Å². The fourth-order valence-corrected chi connectivity index (χ4v) is 1.59. The van der Waals surface area contributed by atoms with Gasteiger partial charge in [0.25, 0.3) is 0 Å². The maximum Gasteiger partial charge on any atom is 0.337 e. The number of carbonyl (C=O) groups is 1. The van der Waals surface area contributed by atoms with E-state index in [2.05, 4.69) is 20.3 Å². The van der Waals surface area contributed by atoms with E-state index in [-0.39, 0.29) is 11.9 Å². The van der Waals surface area contributed by atoms with Gasteiger partial charge in [-0.15, -0.1) is 5.10 Å².